The molecule has 0 bridgehead atoms. The fourth-order valence-corrected chi connectivity index (χ4v) is 4.04. The zero-order valence-electron chi connectivity index (χ0n) is 10.7. The van der Waals surface area contributed by atoms with E-state index in [4.69, 9.17) is 5.84 Å². The molecule has 1 aromatic heterocycles. The molecule has 106 valence electrons. The molecule has 1 saturated carbocycles. The van der Waals surface area contributed by atoms with Crippen LogP contribution in [0.4, 0.5) is 5.82 Å². The van der Waals surface area contributed by atoms with Gasteiger partial charge in [0.2, 0.25) is 10.0 Å². The Morgan fingerprint density at radius 1 is 1.47 bits per heavy atom. The van der Waals surface area contributed by atoms with Gasteiger partial charge in [0.15, 0.2) is 0 Å². The van der Waals surface area contributed by atoms with Crippen molar-refractivity contribution in [3.63, 3.8) is 0 Å². The number of pyridine rings is 1. The largest absolute Gasteiger partial charge is 0.308 e. The Hall–Kier alpha value is -0.830. The number of aromatic nitrogens is 1. The van der Waals surface area contributed by atoms with Gasteiger partial charge in [0, 0.05) is 17.5 Å². The van der Waals surface area contributed by atoms with Gasteiger partial charge in [-0.05, 0) is 31.2 Å². The summed E-state index contributed by atoms with van der Waals surface area (Å²) >= 11 is 1.73. The number of nitrogens with zero attached hydrogens (tertiary/aromatic N) is 1. The first-order chi connectivity index (χ1) is 9.01. The van der Waals surface area contributed by atoms with Crippen molar-refractivity contribution < 1.29 is 8.42 Å². The third kappa shape index (κ3) is 3.19. The van der Waals surface area contributed by atoms with Gasteiger partial charge in [0.1, 0.15) is 10.7 Å². The Morgan fingerprint density at radius 3 is 2.63 bits per heavy atom. The van der Waals surface area contributed by atoms with E-state index < -0.39 is 10.0 Å². The predicted molar refractivity (Wildman–Crippen MR) is 77.3 cm³/mol. The highest BCUT2D eigenvalue weighted by atomic mass is 32.2. The van der Waals surface area contributed by atoms with Gasteiger partial charge in [-0.25, -0.2) is 24.0 Å². The van der Waals surface area contributed by atoms with E-state index in [0.29, 0.717) is 12.4 Å². The third-order valence-electron chi connectivity index (χ3n) is 3.48. The van der Waals surface area contributed by atoms with Crippen LogP contribution < -0.4 is 16.0 Å². The zero-order valence-corrected chi connectivity index (χ0v) is 12.4. The smallest absolute Gasteiger partial charge is 0.242 e. The molecule has 0 atom stereocenters. The topological polar surface area (TPSA) is 97.1 Å². The van der Waals surface area contributed by atoms with Crippen LogP contribution in [0.5, 0.6) is 0 Å². The molecule has 1 aliphatic rings. The fourth-order valence-electron chi connectivity index (χ4n) is 1.96. The van der Waals surface area contributed by atoms with Crippen molar-refractivity contribution in [3.8, 4) is 0 Å². The molecule has 0 radical (unpaired) electrons. The van der Waals surface area contributed by atoms with E-state index in [2.05, 4.69) is 15.1 Å². The summed E-state index contributed by atoms with van der Waals surface area (Å²) in [6.45, 7) is 0.466. The summed E-state index contributed by atoms with van der Waals surface area (Å²) in [6, 6.07) is 3.01. The molecule has 4 N–H and O–H groups in total. The molecule has 1 fully saturated rings. The molecule has 0 aromatic carbocycles. The lowest BCUT2D eigenvalue weighted by Crippen LogP contribution is -2.45. The van der Waals surface area contributed by atoms with E-state index in [1.165, 1.54) is 24.8 Å². The van der Waals surface area contributed by atoms with Gasteiger partial charge >= 0.3 is 0 Å². The van der Waals surface area contributed by atoms with Crippen LogP contribution in [-0.4, -0.2) is 30.9 Å². The SMILES string of the molecule is CSC1(CNS(=O)(=O)c2ccc(NN)nc2)CCC1. The molecular weight excluding hydrogens is 284 g/mol. The van der Waals surface area contributed by atoms with Gasteiger partial charge in [-0.1, -0.05) is 6.42 Å². The minimum absolute atomic E-state index is 0.0687. The van der Waals surface area contributed by atoms with Crippen LogP contribution in [0.25, 0.3) is 0 Å². The average molecular weight is 302 g/mol. The minimum Gasteiger partial charge on any atom is -0.308 e. The summed E-state index contributed by atoms with van der Waals surface area (Å²) < 4.78 is 27.0. The van der Waals surface area contributed by atoms with Crippen molar-refractivity contribution in [2.75, 3.05) is 18.2 Å². The number of nitrogens with two attached hydrogens (primary N) is 1. The van der Waals surface area contributed by atoms with E-state index in [1.54, 1.807) is 11.8 Å². The van der Waals surface area contributed by atoms with Crippen molar-refractivity contribution in [3.05, 3.63) is 18.3 Å². The van der Waals surface area contributed by atoms with Gasteiger partial charge in [0.25, 0.3) is 0 Å². The lowest BCUT2D eigenvalue weighted by atomic mass is 9.84. The van der Waals surface area contributed by atoms with Crippen molar-refractivity contribution in [1.82, 2.24) is 9.71 Å². The van der Waals surface area contributed by atoms with Crippen LogP contribution in [0.2, 0.25) is 0 Å². The monoisotopic (exact) mass is 302 g/mol. The highest BCUT2D eigenvalue weighted by Gasteiger charge is 2.37. The summed E-state index contributed by atoms with van der Waals surface area (Å²) in [7, 11) is -3.50. The lowest BCUT2D eigenvalue weighted by Gasteiger charge is -2.40. The molecule has 1 heterocycles. The third-order valence-corrected chi connectivity index (χ3v) is 6.28. The highest BCUT2D eigenvalue weighted by molar-refractivity contribution is 8.00. The van der Waals surface area contributed by atoms with Crippen LogP contribution in [0.15, 0.2) is 23.2 Å². The molecule has 2 rings (SSSR count). The number of nitrogens with one attached hydrogen (secondary N) is 2. The van der Waals surface area contributed by atoms with Crippen LogP contribution in [0.3, 0.4) is 0 Å². The Morgan fingerprint density at radius 2 is 2.21 bits per heavy atom. The quantitative estimate of drug-likeness (QED) is 0.534. The molecule has 1 aromatic rings. The first kappa shape index (κ1) is 14.6. The van der Waals surface area contributed by atoms with Gasteiger partial charge in [-0.3, -0.25) is 0 Å². The fraction of sp³-hybridized carbons (Fsp3) is 0.545. The summed E-state index contributed by atoms with van der Waals surface area (Å²) in [5.41, 5.74) is 2.36. The second-order valence-electron chi connectivity index (χ2n) is 4.59. The van der Waals surface area contributed by atoms with Crippen LogP contribution in [0.1, 0.15) is 19.3 Å². The molecule has 0 amide bonds. The van der Waals surface area contributed by atoms with Crippen molar-refractivity contribution in [1.29, 1.82) is 0 Å². The standard InChI is InChI=1S/C11H18N4O2S2/c1-18-11(5-2-6-11)8-14-19(16,17)9-3-4-10(15-12)13-7-9/h3-4,7,14H,2,5-6,8,12H2,1H3,(H,13,15). The Balaban J connectivity index is 2.05. The van der Waals surface area contributed by atoms with Gasteiger partial charge < -0.3 is 5.43 Å². The number of nitrogen functional groups attached to an aromatic ring is 1. The second kappa shape index (κ2) is 5.66. The molecule has 0 saturated heterocycles. The summed E-state index contributed by atoms with van der Waals surface area (Å²) in [6.07, 6.45) is 6.61. The first-order valence-electron chi connectivity index (χ1n) is 5.99. The average Bonchev–Trinajstić information content (AvgIpc) is 2.38. The molecule has 19 heavy (non-hydrogen) atoms. The Kier molecular flexibility index (Phi) is 4.34. The van der Waals surface area contributed by atoms with Crippen molar-refractivity contribution in [2.24, 2.45) is 5.84 Å². The second-order valence-corrected chi connectivity index (χ2v) is 7.63. The zero-order chi connectivity index (χ0) is 13.9. The summed E-state index contributed by atoms with van der Waals surface area (Å²) in [5.74, 6) is 5.62. The van der Waals surface area contributed by atoms with Gasteiger partial charge in [-0.2, -0.15) is 11.8 Å². The maximum absolute atomic E-state index is 12.1. The Labute approximate surface area is 117 Å². The summed E-state index contributed by atoms with van der Waals surface area (Å²) in [5, 5.41) is 0. The minimum atomic E-state index is -3.50. The molecule has 6 nitrogen and oxygen atoms in total. The van der Waals surface area contributed by atoms with E-state index >= 15 is 0 Å². The number of thioether (sulfide) groups is 1. The molecule has 8 heteroatoms. The maximum atomic E-state index is 12.1. The van der Waals surface area contributed by atoms with E-state index in [9.17, 15) is 8.42 Å². The number of rotatable bonds is 6. The van der Waals surface area contributed by atoms with E-state index in [0.717, 1.165) is 12.8 Å². The number of hydrogen-bond acceptors (Lipinski definition) is 6. The molecule has 0 unspecified atom stereocenters. The van der Waals surface area contributed by atoms with Crippen molar-refractivity contribution >= 4 is 27.6 Å². The van der Waals surface area contributed by atoms with E-state index in [-0.39, 0.29) is 9.64 Å². The Bertz CT molecular complexity index is 521. The van der Waals surface area contributed by atoms with Gasteiger partial charge in [-0.15, -0.1) is 0 Å². The molecule has 0 spiro atoms. The first-order valence-corrected chi connectivity index (χ1v) is 8.70. The van der Waals surface area contributed by atoms with Crippen LogP contribution in [0, 0.1) is 0 Å². The number of anilines is 1. The lowest BCUT2D eigenvalue weighted by molar-refractivity contribution is 0.362. The molecule has 0 aliphatic heterocycles. The highest BCUT2D eigenvalue weighted by Crippen LogP contribution is 2.42. The van der Waals surface area contributed by atoms with Crippen LogP contribution in [-0.2, 0) is 10.0 Å². The predicted octanol–water partition coefficient (Wildman–Crippen LogP) is 0.931. The molecular formula is C11H18N4O2S2. The molecule has 1 aliphatic carbocycles. The number of hydrazine groups is 1. The number of sulfonamides is 1. The van der Waals surface area contributed by atoms with Gasteiger partial charge in [0.05, 0.1) is 0 Å². The normalized spacial score (nSPS) is 17.8. The number of hydrogen-bond donors (Lipinski definition) is 3. The van der Waals surface area contributed by atoms with Crippen LogP contribution >= 0.6 is 11.8 Å². The van der Waals surface area contributed by atoms with Crippen molar-refractivity contribution in [2.45, 2.75) is 28.9 Å². The maximum Gasteiger partial charge on any atom is 0.242 e. The summed E-state index contributed by atoms with van der Waals surface area (Å²) in [4.78, 5) is 4.06. The van der Waals surface area contributed by atoms with E-state index in [1.807, 2.05) is 6.26 Å².